The van der Waals surface area contributed by atoms with Crippen molar-refractivity contribution in [1.29, 1.82) is 0 Å². The highest BCUT2D eigenvalue weighted by molar-refractivity contribution is 5.80. The Hall–Kier alpha value is -2.60. The monoisotopic (exact) mass is 355 g/mol. The first-order valence-electron chi connectivity index (χ1n) is 8.79. The molecule has 0 spiro atoms. The van der Waals surface area contributed by atoms with Crippen LogP contribution in [0.1, 0.15) is 22.3 Å². The first kappa shape index (κ1) is 16.8. The fourth-order valence-electron chi connectivity index (χ4n) is 3.57. The molecule has 0 amide bonds. The number of nitrogens with zero attached hydrogens (tertiary/aromatic N) is 2. The van der Waals surface area contributed by atoms with Crippen molar-refractivity contribution in [2.75, 3.05) is 20.4 Å². The third kappa shape index (κ3) is 3.37. The first-order valence-corrected chi connectivity index (χ1v) is 8.79. The molecule has 4 rings (SSSR count). The van der Waals surface area contributed by atoms with Crippen molar-refractivity contribution in [1.82, 2.24) is 10.2 Å². The summed E-state index contributed by atoms with van der Waals surface area (Å²) in [4.78, 5) is 6.63. The van der Waals surface area contributed by atoms with Gasteiger partial charge < -0.3 is 19.7 Å². The van der Waals surface area contributed by atoms with Gasteiger partial charge in [0.15, 0.2) is 12.8 Å². The zero-order valence-electron chi connectivity index (χ0n) is 14.8. The molecule has 26 heavy (non-hydrogen) atoms. The standard InChI is InChI=1S/C20H22FN3O2/c1-22-20(24-7-6-14-4-2-3-5-15(14)11-24)23-10-16-8-18(21)9-17-12-25-13-26-19(16)17/h2-5,8-9H,6-7,10-13H2,1H3,(H,22,23). The number of rotatable bonds is 2. The molecule has 2 aliphatic heterocycles. The number of benzene rings is 2. The van der Waals surface area contributed by atoms with Crippen LogP contribution in [0.4, 0.5) is 4.39 Å². The van der Waals surface area contributed by atoms with Gasteiger partial charge >= 0.3 is 0 Å². The van der Waals surface area contributed by atoms with Crippen LogP contribution in [0, 0.1) is 5.82 Å². The Morgan fingerprint density at radius 2 is 2.08 bits per heavy atom. The number of halogens is 1. The van der Waals surface area contributed by atoms with Crippen molar-refractivity contribution < 1.29 is 13.9 Å². The Balaban J connectivity index is 1.48. The average molecular weight is 355 g/mol. The first-order chi connectivity index (χ1) is 12.7. The highest BCUT2D eigenvalue weighted by Gasteiger charge is 2.20. The molecular weight excluding hydrogens is 333 g/mol. The van der Waals surface area contributed by atoms with E-state index >= 15 is 0 Å². The van der Waals surface area contributed by atoms with Gasteiger partial charge in [-0.1, -0.05) is 24.3 Å². The van der Waals surface area contributed by atoms with Gasteiger partial charge in [-0.3, -0.25) is 4.99 Å². The Kier molecular flexibility index (Phi) is 4.75. The summed E-state index contributed by atoms with van der Waals surface area (Å²) in [6, 6.07) is 11.5. The molecule has 2 heterocycles. The summed E-state index contributed by atoms with van der Waals surface area (Å²) < 4.78 is 24.7. The molecule has 2 aromatic rings. The second-order valence-electron chi connectivity index (χ2n) is 6.50. The predicted molar refractivity (Wildman–Crippen MR) is 97.4 cm³/mol. The fourth-order valence-corrected chi connectivity index (χ4v) is 3.57. The van der Waals surface area contributed by atoms with Gasteiger partial charge in [0.1, 0.15) is 11.6 Å². The third-order valence-electron chi connectivity index (χ3n) is 4.83. The minimum Gasteiger partial charge on any atom is -0.467 e. The SMILES string of the molecule is CN=C(NCc1cc(F)cc2c1OCOC2)N1CCc2ccccc2C1. The van der Waals surface area contributed by atoms with Crippen molar-refractivity contribution in [2.24, 2.45) is 4.99 Å². The summed E-state index contributed by atoms with van der Waals surface area (Å²) >= 11 is 0. The van der Waals surface area contributed by atoms with E-state index in [1.165, 1.54) is 23.3 Å². The van der Waals surface area contributed by atoms with Crippen LogP contribution in [0.2, 0.25) is 0 Å². The second kappa shape index (κ2) is 7.33. The van der Waals surface area contributed by atoms with Crippen LogP contribution in [0.15, 0.2) is 41.4 Å². The van der Waals surface area contributed by atoms with E-state index in [9.17, 15) is 4.39 Å². The molecule has 0 saturated carbocycles. The summed E-state index contributed by atoms with van der Waals surface area (Å²) in [6.45, 7) is 2.75. The molecule has 5 nitrogen and oxygen atoms in total. The fraction of sp³-hybridized carbons (Fsp3) is 0.350. The van der Waals surface area contributed by atoms with Crippen molar-refractivity contribution in [3.8, 4) is 5.75 Å². The maximum absolute atomic E-state index is 13.9. The van der Waals surface area contributed by atoms with Crippen molar-refractivity contribution in [2.45, 2.75) is 26.1 Å². The summed E-state index contributed by atoms with van der Waals surface area (Å²) in [5.41, 5.74) is 4.24. The summed E-state index contributed by atoms with van der Waals surface area (Å²) in [7, 11) is 1.77. The highest BCUT2D eigenvalue weighted by atomic mass is 19.1. The lowest BCUT2D eigenvalue weighted by molar-refractivity contribution is -0.0173. The second-order valence-corrected chi connectivity index (χ2v) is 6.50. The van der Waals surface area contributed by atoms with Gasteiger partial charge in [0.2, 0.25) is 0 Å². The topological polar surface area (TPSA) is 46.1 Å². The normalized spacial score (nSPS) is 16.5. The van der Waals surface area contributed by atoms with Crippen molar-refractivity contribution >= 4 is 5.96 Å². The maximum Gasteiger partial charge on any atom is 0.194 e. The quantitative estimate of drug-likeness (QED) is 0.665. The average Bonchev–Trinajstić information content (AvgIpc) is 2.68. The predicted octanol–water partition coefficient (Wildman–Crippen LogP) is 2.83. The van der Waals surface area contributed by atoms with Crippen LogP contribution < -0.4 is 10.1 Å². The van der Waals surface area contributed by atoms with Gasteiger partial charge in [0, 0.05) is 37.8 Å². The molecule has 0 aromatic heterocycles. The van der Waals surface area contributed by atoms with Crippen LogP contribution in [-0.4, -0.2) is 31.2 Å². The van der Waals surface area contributed by atoms with E-state index in [2.05, 4.69) is 39.5 Å². The number of guanidine groups is 1. The number of hydrogen-bond acceptors (Lipinski definition) is 3. The Morgan fingerprint density at radius 3 is 2.92 bits per heavy atom. The van der Waals surface area contributed by atoms with Crippen LogP contribution in [0.25, 0.3) is 0 Å². The van der Waals surface area contributed by atoms with Gasteiger partial charge in [-0.05, 0) is 29.7 Å². The molecule has 2 aliphatic rings. The third-order valence-corrected chi connectivity index (χ3v) is 4.83. The van der Waals surface area contributed by atoms with Crippen LogP contribution in [0.5, 0.6) is 5.75 Å². The van der Waals surface area contributed by atoms with E-state index in [-0.39, 0.29) is 12.6 Å². The van der Waals surface area contributed by atoms with Crippen LogP contribution in [0.3, 0.4) is 0 Å². The molecule has 0 fully saturated rings. The number of aliphatic imine (C=N–C) groups is 1. The molecule has 0 unspecified atom stereocenters. The highest BCUT2D eigenvalue weighted by Crippen LogP contribution is 2.29. The molecule has 2 aromatic carbocycles. The Bertz CT molecular complexity index is 838. The molecule has 0 atom stereocenters. The van der Waals surface area contributed by atoms with E-state index in [1.807, 2.05) is 0 Å². The van der Waals surface area contributed by atoms with Crippen molar-refractivity contribution in [3.05, 3.63) is 64.5 Å². The van der Waals surface area contributed by atoms with E-state index in [0.717, 1.165) is 36.6 Å². The molecule has 0 aliphatic carbocycles. The van der Waals surface area contributed by atoms with Crippen molar-refractivity contribution in [3.63, 3.8) is 0 Å². The largest absolute Gasteiger partial charge is 0.467 e. The maximum atomic E-state index is 13.9. The number of ether oxygens (including phenoxy) is 2. The number of hydrogen-bond donors (Lipinski definition) is 1. The van der Waals surface area contributed by atoms with E-state index in [0.29, 0.717) is 18.9 Å². The lowest BCUT2D eigenvalue weighted by atomic mass is 10.0. The lowest BCUT2D eigenvalue weighted by Crippen LogP contribution is -2.43. The summed E-state index contributed by atoms with van der Waals surface area (Å²) in [5.74, 6) is 1.24. The van der Waals surface area contributed by atoms with Crippen LogP contribution >= 0.6 is 0 Å². The smallest absolute Gasteiger partial charge is 0.194 e. The zero-order valence-corrected chi connectivity index (χ0v) is 14.8. The number of fused-ring (bicyclic) bond motifs is 2. The summed E-state index contributed by atoms with van der Waals surface area (Å²) in [6.07, 6.45) is 0.993. The molecule has 0 radical (unpaired) electrons. The molecule has 0 bridgehead atoms. The van der Waals surface area contributed by atoms with Gasteiger partial charge in [-0.15, -0.1) is 0 Å². The molecule has 0 saturated heterocycles. The minimum atomic E-state index is -0.281. The minimum absolute atomic E-state index is 0.198. The molecular formula is C20H22FN3O2. The Labute approximate surface area is 152 Å². The molecule has 136 valence electrons. The van der Waals surface area contributed by atoms with E-state index in [1.54, 1.807) is 7.05 Å². The van der Waals surface area contributed by atoms with Gasteiger partial charge in [-0.2, -0.15) is 0 Å². The van der Waals surface area contributed by atoms with Gasteiger partial charge in [0.25, 0.3) is 0 Å². The Morgan fingerprint density at radius 1 is 1.23 bits per heavy atom. The molecule has 1 N–H and O–H groups in total. The summed E-state index contributed by atoms with van der Waals surface area (Å²) in [5, 5.41) is 3.35. The van der Waals surface area contributed by atoms with E-state index in [4.69, 9.17) is 9.47 Å². The van der Waals surface area contributed by atoms with E-state index < -0.39 is 0 Å². The van der Waals surface area contributed by atoms with Gasteiger partial charge in [-0.25, -0.2) is 4.39 Å². The zero-order chi connectivity index (χ0) is 17.9. The lowest BCUT2D eigenvalue weighted by Gasteiger charge is -2.32. The molecule has 6 heteroatoms. The number of nitrogens with one attached hydrogen (secondary N) is 1. The van der Waals surface area contributed by atoms with Crippen LogP contribution in [-0.2, 0) is 30.9 Å². The van der Waals surface area contributed by atoms with Gasteiger partial charge in [0.05, 0.1) is 6.61 Å².